The normalized spacial score (nSPS) is 15.7. The highest BCUT2D eigenvalue weighted by Crippen LogP contribution is 2.48. The van der Waals surface area contributed by atoms with E-state index in [1.54, 1.807) is 6.07 Å². The van der Waals surface area contributed by atoms with E-state index in [1.165, 1.54) is 43.6 Å². The number of hydrogen-bond donors (Lipinski definition) is 2. The summed E-state index contributed by atoms with van der Waals surface area (Å²) in [6.45, 7) is 4.06. The zero-order valence-electron chi connectivity index (χ0n) is 24.8. The zero-order chi connectivity index (χ0) is 32.3. The van der Waals surface area contributed by atoms with Crippen LogP contribution in [0, 0.1) is 22.9 Å². The van der Waals surface area contributed by atoms with Gasteiger partial charge >= 0.3 is 0 Å². The highest BCUT2D eigenvalue weighted by atomic mass is 19.1. The molecular formula is C32H30F3N5O6. The molecule has 6 rings (SSSR count). The molecule has 46 heavy (non-hydrogen) atoms. The molecule has 2 fully saturated rings. The predicted molar refractivity (Wildman–Crippen MR) is 161 cm³/mol. The van der Waals surface area contributed by atoms with Crippen molar-refractivity contribution in [3.63, 3.8) is 0 Å². The van der Waals surface area contributed by atoms with E-state index in [4.69, 9.17) is 18.9 Å². The van der Waals surface area contributed by atoms with Crippen molar-refractivity contribution in [2.75, 3.05) is 57.2 Å². The van der Waals surface area contributed by atoms with Crippen molar-refractivity contribution in [3.05, 3.63) is 72.2 Å². The number of nitrogens with one attached hydrogen (secondary N) is 2. The first-order valence-corrected chi connectivity index (χ1v) is 14.6. The number of rotatable bonds is 11. The summed E-state index contributed by atoms with van der Waals surface area (Å²) in [6, 6.07) is 9.67. The highest BCUT2D eigenvalue weighted by molar-refractivity contribution is 6.17. The molecule has 0 spiro atoms. The quantitative estimate of drug-likeness (QED) is 0.221. The van der Waals surface area contributed by atoms with Gasteiger partial charge in [-0.3, -0.25) is 19.5 Å². The molecule has 1 aliphatic carbocycles. The Hall–Kier alpha value is -4.95. The Morgan fingerprint density at radius 2 is 1.67 bits per heavy atom. The second kappa shape index (κ2) is 13.2. The zero-order valence-corrected chi connectivity index (χ0v) is 24.8. The summed E-state index contributed by atoms with van der Waals surface area (Å²) < 4.78 is 66.0. The molecule has 0 bridgehead atoms. The van der Waals surface area contributed by atoms with Crippen LogP contribution in [0.25, 0.3) is 11.0 Å². The number of pyridine rings is 2. The van der Waals surface area contributed by atoms with Gasteiger partial charge in [-0.1, -0.05) is 0 Å². The molecule has 0 atom stereocenters. The minimum Gasteiger partial charge on any atom is -0.487 e. The van der Waals surface area contributed by atoms with Gasteiger partial charge in [-0.25, -0.2) is 18.2 Å². The molecule has 1 saturated heterocycles. The van der Waals surface area contributed by atoms with Crippen molar-refractivity contribution in [2.45, 2.75) is 12.8 Å². The maximum absolute atomic E-state index is 15.2. The van der Waals surface area contributed by atoms with Crippen LogP contribution in [0.5, 0.6) is 23.1 Å². The molecule has 240 valence electrons. The summed E-state index contributed by atoms with van der Waals surface area (Å²) in [5, 5.41) is 4.88. The van der Waals surface area contributed by atoms with Gasteiger partial charge in [0.25, 0.3) is 5.88 Å². The van der Waals surface area contributed by atoms with Crippen molar-refractivity contribution >= 4 is 34.2 Å². The molecule has 14 heteroatoms. The van der Waals surface area contributed by atoms with E-state index >= 15 is 8.78 Å². The van der Waals surface area contributed by atoms with Gasteiger partial charge in [0.1, 0.15) is 23.4 Å². The van der Waals surface area contributed by atoms with Crippen LogP contribution in [-0.2, 0) is 14.3 Å². The number of fused-ring (bicyclic) bond motifs is 1. The maximum atomic E-state index is 15.2. The molecule has 0 radical (unpaired) electrons. The van der Waals surface area contributed by atoms with E-state index in [0.29, 0.717) is 43.3 Å². The van der Waals surface area contributed by atoms with Crippen LogP contribution in [0.3, 0.4) is 0 Å². The lowest BCUT2D eigenvalue weighted by molar-refractivity contribution is -0.131. The Bertz CT molecular complexity index is 1760. The van der Waals surface area contributed by atoms with Gasteiger partial charge < -0.3 is 29.6 Å². The number of carbonyl (C=O) groups is 2. The van der Waals surface area contributed by atoms with Gasteiger partial charge in [-0.15, -0.1) is 0 Å². The number of nitrogens with zero attached hydrogens (tertiary/aromatic N) is 3. The molecule has 4 aromatic rings. The number of ether oxygens (including phenoxy) is 4. The van der Waals surface area contributed by atoms with Crippen molar-refractivity contribution < 1.29 is 41.7 Å². The van der Waals surface area contributed by atoms with E-state index < -0.39 is 46.1 Å². The van der Waals surface area contributed by atoms with Crippen LogP contribution in [0.1, 0.15) is 12.8 Å². The van der Waals surface area contributed by atoms with Crippen molar-refractivity contribution in [2.24, 2.45) is 5.41 Å². The Morgan fingerprint density at radius 1 is 0.935 bits per heavy atom. The molecule has 2 aliphatic rings. The number of benzene rings is 2. The van der Waals surface area contributed by atoms with Crippen LogP contribution in [-0.4, -0.2) is 73.2 Å². The number of morpholine rings is 1. The van der Waals surface area contributed by atoms with Gasteiger partial charge in [-0.05, 0) is 37.1 Å². The average Bonchev–Trinajstić information content (AvgIpc) is 3.87. The van der Waals surface area contributed by atoms with Gasteiger partial charge in [0.2, 0.25) is 11.8 Å². The van der Waals surface area contributed by atoms with Gasteiger partial charge in [0, 0.05) is 55.8 Å². The summed E-state index contributed by atoms with van der Waals surface area (Å²) in [5.41, 5.74) is -1.03. The number of methoxy groups -OCH3 is 1. The predicted octanol–water partition coefficient (Wildman–Crippen LogP) is 4.92. The third-order valence-electron chi connectivity index (χ3n) is 7.78. The molecule has 2 amide bonds. The second-order valence-electron chi connectivity index (χ2n) is 10.8. The lowest BCUT2D eigenvalue weighted by Crippen LogP contribution is -2.38. The number of anilines is 2. The summed E-state index contributed by atoms with van der Waals surface area (Å²) in [5.74, 6) is -3.73. The maximum Gasteiger partial charge on any atom is 0.257 e. The fraction of sp³-hybridized carbons (Fsp3) is 0.312. The third kappa shape index (κ3) is 6.67. The van der Waals surface area contributed by atoms with Crippen LogP contribution >= 0.6 is 0 Å². The fourth-order valence-corrected chi connectivity index (χ4v) is 4.98. The number of aromatic nitrogens is 2. The number of hydrogen-bond acceptors (Lipinski definition) is 9. The topological polar surface area (TPSA) is 124 Å². The summed E-state index contributed by atoms with van der Waals surface area (Å²) in [7, 11) is 1.43. The Balaban J connectivity index is 1.15. The van der Waals surface area contributed by atoms with E-state index in [9.17, 15) is 14.0 Å². The lowest BCUT2D eigenvalue weighted by atomic mass is 10.0. The lowest BCUT2D eigenvalue weighted by Gasteiger charge is -2.26. The molecule has 11 nitrogen and oxygen atoms in total. The molecule has 3 heterocycles. The summed E-state index contributed by atoms with van der Waals surface area (Å²) in [6.07, 6.45) is 1.85. The minimum atomic E-state index is -1.46. The first-order chi connectivity index (χ1) is 22.3. The van der Waals surface area contributed by atoms with Crippen molar-refractivity contribution in [1.29, 1.82) is 0 Å². The number of carbonyl (C=O) groups excluding carboxylic acids is 2. The molecule has 2 aromatic carbocycles. The van der Waals surface area contributed by atoms with Crippen LogP contribution in [0.2, 0.25) is 0 Å². The van der Waals surface area contributed by atoms with Gasteiger partial charge in [-0.2, -0.15) is 0 Å². The van der Waals surface area contributed by atoms with Gasteiger partial charge in [0.05, 0.1) is 31.5 Å². The van der Waals surface area contributed by atoms with Crippen LogP contribution in [0.4, 0.5) is 24.5 Å². The number of halogens is 3. The largest absolute Gasteiger partial charge is 0.487 e. The molecule has 0 unspecified atom stereocenters. The van der Waals surface area contributed by atoms with Crippen molar-refractivity contribution in [3.8, 4) is 23.1 Å². The summed E-state index contributed by atoms with van der Waals surface area (Å²) in [4.78, 5) is 36.8. The second-order valence-corrected chi connectivity index (χ2v) is 10.8. The number of amides is 2. The molecule has 2 N–H and O–H groups in total. The van der Waals surface area contributed by atoms with E-state index in [2.05, 4.69) is 25.5 Å². The van der Waals surface area contributed by atoms with E-state index in [1.807, 2.05) is 0 Å². The Kier molecular flexibility index (Phi) is 8.90. The molecule has 1 saturated carbocycles. The Labute approximate surface area is 261 Å². The third-order valence-corrected chi connectivity index (χ3v) is 7.78. The minimum absolute atomic E-state index is 0.0765. The van der Waals surface area contributed by atoms with Gasteiger partial charge in [0.15, 0.2) is 28.9 Å². The average molecular weight is 638 g/mol. The fourth-order valence-electron chi connectivity index (χ4n) is 4.98. The standard InChI is InChI=1S/C32H30F3N5O6/c1-43-29-27(45-15-12-40-10-13-44-14-11-40)18-24-28(39-29)25(6-9-36-24)46-26-17-21(34)23(16-22(26)35)38-31(42)32(7-8-32)30(41)37-20-4-2-19(33)3-5-20/h2-6,9,16-18H,7-8,10-15H2,1H3,(H,37,41)(H,38,42). The Morgan fingerprint density at radius 3 is 2.39 bits per heavy atom. The molecule has 1 aliphatic heterocycles. The SMILES string of the molecule is COc1nc2c(Oc3cc(F)c(NC(=O)C4(C(=O)Nc5ccc(F)cc5)CC4)cc3F)ccnc2cc1OCCN1CCOCC1. The van der Waals surface area contributed by atoms with E-state index in [0.717, 1.165) is 25.2 Å². The van der Waals surface area contributed by atoms with Crippen LogP contribution < -0.4 is 24.8 Å². The monoisotopic (exact) mass is 637 g/mol. The first-order valence-electron chi connectivity index (χ1n) is 14.6. The molecular weight excluding hydrogens is 607 g/mol. The first kappa shape index (κ1) is 31.0. The van der Waals surface area contributed by atoms with E-state index in [-0.39, 0.29) is 30.0 Å². The molecule has 2 aromatic heterocycles. The van der Waals surface area contributed by atoms with Crippen molar-refractivity contribution in [1.82, 2.24) is 14.9 Å². The smallest absolute Gasteiger partial charge is 0.257 e. The highest BCUT2D eigenvalue weighted by Gasteiger charge is 2.56. The summed E-state index contributed by atoms with van der Waals surface area (Å²) >= 11 is 0. The van der Waals surface area contributed by atoms with Crippen LogP contribution in [0.15, 0.2) is 54.7 Å².